The van der Waals surface area contributed by atoms with Crippen molar-refractivity contribution in [3.05, 3.63) is 30.6 Å². The van der Waals surface area contributed by atoms with Gasteiger partial charge < -0.3 is 0 Å². The number of hydrogen-bond donors (Lipinski definition) is 2. The molecule has 9 heteroatoms. The molecule has 0 aliphatic heterocycles. The van der Waals surface area contributed by atoms with Gasteiger partial charge in [0.1, 0.15) is 22.7 Å². The molecule has 3 aromatic rings. The highest BCUT2D eigenvalue weighted by Crippen LogP contribution is 2.28. The number of nitrogens with zero attached hydrogens (tertiary/aromatic N) is 6. The molecular formula is C17H19N7OS. The Hall–Kier alpha value is -2.68. The number of carbonyl (C=O) groups excluding carboxylic acids is 1. The van der Waals surface area contributed by atoms with E-state index in [0.717, 1.165) is 18.5 Å². The Morgan fingerprint density at radius 1 is 1.27 bits per heavy atom. The maximum Gasteiger partial charge on any atom is 0.333 e. The molecule has 0 aromatic carbocycles. The third-order valence-electron chi connectivity index (χ3n) is 4.14. The summed E-state index contributed by atoms with van der Waals surface area (Å²) in [6.07, 6.45) is 5.56. The van der Waals surface area contributed by atoms with Gasteiger partial charge in [0, 0.05) is 18.3 Å². The van der Waals surface area contributed by atoms with E-state index in [4.69, 9.17) is 0 Å². The Morgan fingerprint density at radius 3 is 2.77 bits per heavy atom. The molecule has 0 saturated heterocycles. The first-order chi connectivity index (χ1) is 12.5. The lowest BCUT2D eigenvalue weighted by atomic mass is 10.3. The smallest absolute Gasteiger partial charge is 0.291 e. The molecule has 3 aromatic heterocycles. The van der Waals surface area contributed by atoms with E-state index in [0.29, 0.717) is 22.7 Å². The van der Waals surface area contributed by atoms with Crippen molar-refractivity contribution in [1.29, 1.82) is 0 Å². The van der Waals surface area contributed by atoms with Crippen LogP contribution >= 0.6 is 12.8 Å². The average molecular weight is 369 g/mol. The Morgan fingerprint density at radius 2 is 2.08 bits per heavy atom. The second-order valence-electron chi connectivity index (χ2n) is 6.58. The molecular weight excluding hydrogens is 350 g/mol. The SMILES string of the molecule is CC(C)n1ccc(-c2cnc3ccc(NC(=O)N(S)C4CC4)nc3n2)n1. The Kier molecular flexibility index (Phi) is 4.23. The largest absolute Gasteiger partial charge is 0.333 e. The van der Waals surface area contributed by atoms with Crippen molar-refractivity contribution in [2.45, 2.75) is 38.8 Å². The van der Waals surface area contributed by atoms with E-state index in [2.05, 4.69) is 52.0 Å². The van der Waals surface area contributed by atoms with Gasteiger partial charge in [0.15, 0.2) is 5.65 Å². The molecule has 0 atom stereocenters. The number of aromatic nitrogens is 5. The first-order valence-electron chi connectivity index (χ1n) is 8.49. The van der Waals surface area contributed by atoms with Crippen LogP contribution in [-0.2, 0) is 0 Å². The summed E-state index contributed by atoms with van der Waals surface area (Å²) in [4.78, 5) is 25.5. The minimum absolute atomic E-state index is 0.209. The summed E-state index contributed by atoms with van der Waals surface area (Å²) in [5.74, 6) is 0.418. The van der Waals surface area contributed by atoms with Crippen molar-refractivity contribution in [2.75, 3.05) is 5.32 Å². The van der Waals surface area contributed by atoms with E-state index in [1.54, 1.807) is 18.3 Å². The summed E-state index contributed by atoms with van der Waals surface area (Å²) in [6.45, 7) is 4.12. The summed E-state index contributed by atoms with van der Waals surface area (Å²) in [7, 11) is 0. The zero-order valence-corrected chi connectivity index (χ0v) is 15.4. The molecule has 0 bridgehead atoms. The van der Waals surface area contributed by atoms with E-state index >= 15 is 0 Å². The molecule has 1 fully saturated rings. The standard InChI is InChI=1S/C17H19N7OS/c1-10(2)23-8-7-12(22-23)14-9-18-13-5-6-15(20-16(13)19-14)21-17(25)24(26)11-3-4-11/h5-11,26H,3-4H2,1-2H3,(H,19,20,21,25). The summed E-state index contributed by atoms with van der Waals surface area (Å²) < 4.78 is 3.27. The van der Waals surface area contributed by atoms with Gasteiger partial charge in [-0.05, 0) is 44.9 Å². The maximum absolute atomic E-state index is 12.1. The van der Waals surface area contributed by atoms with Crippen molar-refractivity contribution in [1.82, 2.24) is 29.0 Å². The van der Waals surface area contributed by atoms with Gasteiger partial charge in [0.05, 0.1) is 6.20 Å². The van der Waals surface area contributed by atoms with Crippen LogP contribution in [0.2, 0.25) is 0 Å². The second-order valence-corrected chi connectivity index (χ2v) is 7.01. The highest BCUT2D eigenvalue weighted by molar-refractivity contribution is 7.78. The zero-order chi connectivity index (χ0) is 18.3. The summed E-state index contributed by atoms with van der Waals surface area (Å²) >= 11 is 4.22. The van der Waals surface area contributed by atoms with Crippen LogP contribution in [0.3, 0.4) is 0 Å². The molecule has 0 unspecified atom stereocenters. The van der Waals surface area contributed by atoms with Crippen LogP contribution in [0.25, 0.3) is 22.6 Å². The van der Waals surface area contributed by atoms with Gasteiger partial charge in [0.2, 0.25) is 0 Å². The first-order valence-corrected chi connectivity index (χ1v) is 8.89. The predicted octanol–water partition coefficient (Wildman–Crippen LogP) is 3.31. The Labute approximate surface area is 156 Å². The minimum Gasteiger partial charge on any atom is -0.291 e. The number of rotatable bonds is 4. The Balaban J connectivity index is 1.60. The fourth-order valence-electron chi connectivity index (χ4n) is 2.50. The minimum atomic E-state index is -0.289. The quantitative estimate of drug-likeness (QED) is 0.689. The van der Waals surface area contributed by atoms with Crippen molar-refractivity contribution in [2.24, 2.45) is 0 Å². The summed E-state index contributed by atoms with van der Waals surface area (Å²) in [5, 5.41) is 7.25. The van der Waals surface area contributed by atoms with Gasteiger partial charge in [-0.25, -0.2) is 14.8 Å². The number of amides is 2. The number of hydrogen-bond acceptors (Lipinski definition) is 6. The van der Waals surface area contributed by atoms with Crippen molar-refractivity contribution < 1.29 is 4.79 Å². The van der Waals surface area contributed by atoms with Crippen LogP contribution in [0, 0.1) is 0 Å². The highest BCUT2D eigenvalue weighted by Gasteiger charge is 2.30. The number of thiol groups is 1. The van der Waals surface area contributed by atoms with Gasteiger partial charge in [-0.1, -0.05) is 12.8 Å². The molecule has 134 valence electrons. The number of urea groups is 1. The van der Waals surface area contributed by atoms with E-state index in [-0.39, 0.29) is 18.1 Å². The van der Waals surface area contributed by atoms with Crippen molar-refractivity contribution >= 4 is 35.8 Å². The molecule has 4 rings (SSSR count). The normalized spacial score (nSPS) is 14.0. The van der Waals surface area contributed by atoms with Gasteiger partial charge in [-0.2, -0.15) is 5.10 Å². The van der Waals surface area contributed by atoms with Crippen LogP contribution < -0.4 is 5.32 Å². The first kappa shape index (κ1) is 16.8. The monoisotopic (exact) mass is 369 g/mol. The lowest BCUT2D eigenvalue weighted by Gasteiger charge is -2.15. The molecule has 1 N–H and O–H groups in total. The molecule has 3 heterocycles. The van der Waals surface area contributed by atoms with Crippen LogP contribution in [0.15, 0.2) is 30.6 Å². The lowest BCUT2D eigenvalue weighted by molar-refractivity contribution is 0.238. The summed E-state index contributed by atoms with van der Waals surface area (Å²) in [6, 6.07) is 5.57. The number of pyridine rings is 1. The van der Waals surface area contributed by atoms with Crippen LogP contribution in [0.5, 0.6) is 0 Å². The van der Waals surface area contributed by atoms with Crippen LogP contribution in [0.1, 0.15) is 32.7 Å². The van der Waals surface area contributed by atoms with Crippen LogP contribution in [-0.4, -0.2) is 41.1 Å². The Bertz CT molecular complexity index is 967. The lowest BCUT2D eigenvalue weighted by Crippen LogP contribution is -2.29. The number of anilines is 1. The third-order valence-corrected chi connectivity index (χ3v) is 4.65. The molecule has 8 nitrogen and oxygen atoms in total. The van der Waals surface area contributed by atoms with Crippen LogP contribution in [0.4, 0.5) is 10.6 Å². The second kappa shape index (κ2) is 6.56. The fraction of sp³-hybridized carbons (Fsp3) is 0.353. The van der Waals surface area contributed by atoms with E-state index < -0.39 is 0 Å². The molecule has 1 aliphatic carbocycles. The third kappa shape index (κ3) is 3.34. The number of fused-ring (bicyclic) bond motifs is 1. The number of carbonyl (C=O) groups is 1. The molecule has 0 radical (unpaired) electrons. The van der Waals surface area contributed by atoms with E-state index in [1.165, 1.54) is 4.31 Å². The average Bonchev–Trinajstić information content (AvgIpc) is 3.36. The van der Waals surface area contributed by atoms with Crippen molar-refractivity contribution in [3.8, 4) is 11.4 Å². The molecule has 1 saturated carbocycles. The summed E-state index contributed by atoms with van der Waals surface area (Å²) in [5.41, 5.74) is 2.48. The van der Waals surface area contributed by atoms with Gasteiger partial charge in [0.25, 0.3) is 0 Å². The predicted molar refractivity (Wildman–Crippen MR) is 102 cm³/mol. The van der Waals surface area contributed by atoms with Crippen molar-refractivity contribution in [3.63, 3.8) is 0 Å². The zero-order valence-electron chi connectivity index (χ0n) is 14.5. The highest BCUT2D eigenvalue weighted by atomic mass is 32.1. The topological polar surface area (TPSA) is 88.8 Å². The van der Waals surface area contributed by atoms with Gasteiger partial charge in [-0.15, -0.1) is 0 Å². The molecule has 2 amide bonds. The maximum atomic E-state index is 12.1. The molecule has 26 heavy (non-hydrogen) atoms. The van der Waals surface area contributed by atoms with Gasteiger partial charge >= 0.3 is 6.03 Å². The molecule has 1 aliphatic rings. The number of nitrogens with one attached hydrogen (secondary N) is 1. The van der Waals surface area contributed by atoms with Gasteiger partial charge in [-0.3, -0.25) is 19.3 Å². The van der Waals surface area contributed by atoms with E-state index in [9.17, 15) is 4.79 Å². The molecule has 0 spiro atoms. The van der Waals surface area contributed by atoms with E-state index in [1.807, 2.05) is 16.9 Å². The fourth-order valence-corrected chi connectivity index (χ4v) is 2.79.